The van der Waals surface area contributed by atoms with Crippen molar-refractivity contribution in [2.24, 2.45) is 0 Å². The summed E-state index contributed by atoms with van der Waals surface area (Å²) < 4.78 is 0. The quantitative estimate of drug-likeness (QED) is 0.772. The Morgan fingerprint density at radius 1 is 0.607 bits per heavy atom. The number of benzene rings is 2. The highest BCUT2D eigenvalue weighted by molar-refractivity contribution is 6.34. The zero-order chi connectivity index (χ0) is 19.3. The molecule has 4 rings (SSSR count). The molecule has 2 aliphatic rings. The number of likely N-dealkylation sites (tertiary alicyclic amines) is 1. The number of carbonyl (C=O) groups is 2. The summed E-state index contributed by atoms with van der Waals surface area (Å²) in [6, 6.07) is 21.1. The highest BCUT2D eigenvalue weighted by Crippen LogP contribution is 2.29. The highest BCUT2D eigenvalue weighted by atomic mass is 16.2. The minimum Gasteiger partial charge on any atom is -0.334 e. The lowest BCUT2D eigenvalue weighted by Gasteiger charge is -2.39. The molecule has 0 spiro atoms. The van der Waals surface area contributed by atoms with E-state index in [9.17, 15) is 9.59 Å². The molecule has 0 atom stereocenters. The van der Waals surface area contributed by atoms with Crippen molar-refractivity contribution >= 4 is 11.8 Å². The van der Waals surface area contributed by atoms with Crippen molar-refractivity contribution < 1.29 is 9.59 Å². The highest BCUT2D eigenvalue weighted by Gasteiger charge is 2.33. The van der Waals surface area contributed by atoms with Gasteiger partial charge in [0.2, 0.25) is 0 Å². The van der Waals surface area contributed by atoms with Crippen LogP contribution in [-0.4, -0.2) is 65.8 Å². The Balaban J connectivity index is 1.46. The maximum Gasteiger partial charge on any atom is 0.312 e. The predicted octanol–water partition coefficient (Wildman–Crippen LogP) is 2.54. The van der Waals surface area contributed by atoms with Crippen molar-refractivity contribution in [3.8, 4) is 0 Å². The first-order valence-corrected chi connectivity index (χ1v) is 10.2. The summed E-state index contributed by atoms with van der Waals surface area (Å²) in [5.41, 5.74) is 2.50. The molecule has 28 heavy (non-hydrogen) atoms. The molecule has 0 unspecified atom stereocenters. The molecule has 2 amide bonds. The minimum absolute atomic E-state index is 0.161. The summed E-state index contributed by atoms with van der Waals surface area (Å²) in [6.45, 7) is 4.13. The zero-order valence-electron chi connectivity index (χ0n) is 16.2. The summed E-state index contributed by atoms with van der Waals surface area (Å²) >= 11 is 0. The number of hydrogen-bond acceptors (Lipinski definition) is 3. The van der Waals surface area contributed by atoms with Crippen LogP contribution in [0.4, 0.5) is 0 Å². The van der Waals surface area contributed by atoms with Crippen molar-refractivity contribution in [2.45, 2.75) is 18.9 Å². The van der Waals surface area contributed by atoms with Gasteiger partial charge in [0.15, 0.2) is 0 Å². The van der Waals surface area contributed by atoms with Gasteiger partial charge < -0.3 is 9.80 Å². The average Bonchev–Trinajstić information content (AvgIpc) is 3.30. The largest absolute Gasteiger partial charge is 0.334 e. The molecular weight excluding hydrogens is 350 g/mol. The van der Waals surface area contributed by atoms with E-state index in [1.807, 2.05) is 12.1 Å². The summed E-state index contributed by atoms with van der Waals surface area (Å²) in [7, 11) is 0. The lowest BCUT2D eigenvalue weighted by molar-refractivity contribution is -0.152. The van der Waals surface area contributed by atoms with Crippen molar-refractivity contribution in [3.63, 3.8) is 0 Å². The second-order valence-corrected chi connectivity index (χ2v) is 7.55. The standard InChI is InChI=1S/C23H27N3O2/c27-22(25-13-7-8-14-25)23(28)26-17-15-24(16-18-26)21(19-9-3-1-4-10-19)20-11-5-2-6-12-20/h1-6,9-12,21H,7-8,13-18H2. The van der Waals surface area contributed by atoms with Crippen molar-refractivity contribution in [2.75, 3.05) is 39.3 Å². The fraction of sp³-hybridized carbons (Fsp3) is 0.391. The van der Waals surface area contributed by atoms with Crippen molar-refractivity contribution in [1.29, 1.82) is 0 Å². The van der Waals surface area contributed by atoms with Crippen LogP contribution in [0.25, 0.3) is 0 Å². The number of hydrogen-bond donors (Lipinski definition) is 0. The molecule has 2 saturated heterocycles. The van der Waals surface area contributed by atoms with Gasteiger partial charge in [-0.25, -0.2) is 0 Å². The third-order valence-corrected chi connectivity index (χ3v) is 5.77. The molecule has 0 aliphatic carbocycles. The Labute approximate surface area is 166 Å². The van der Waals surface area contributed by atoms with E-state index in [-0.39, 0.29) is 17.9 Å². The van der Waals surface area contributed by atoms with Gasteiger partial charge in [0.25, 0.3) is 0 Å². The summed E-state index contributed by atoms with van der Waals surface area (Å²) in [5.74, 6) is -0.661. The van der Waals surface area contributed by atoms with Crippen molar-refractivity contribution in [3.05, 3.63) is 71.8 Å². The number of carbonyl (C=O) groups excluding carboxylic acids is 2. The van der Waals surface area contributed by atoms with Crippen LogP contribution in [0.5, 0.6) is 0 Å². The van der Waals surface area contributed by atoms with Crippen LogP contribution in [0.15, 0.2) is 60.7 Å². The first kappa shape index (κ1) is 18.7. The predicted molar refractivity (Wildman–Crippen MR) is 109 cm³/mol. The number of amides is 2. The van der Waals surface area contributed by atoms with Gasteiger partial charge in [0.1, 0.15) is 0 Å². The van der Waals surface area contributed by atoms with Gasteiger partial charge in [0, 0.05) is 39.3 Å². The van der Waals surface area contributed by atoms with Gasteiger partial charge in [-0.15, -0.1) is 0 Å². The van der Waals surface area contributed by atoms with Crippen LogP contribution in [0.2, 0.25) is 0 Å². The topological polar surface area (TPSA) is 43.9 Å². The van der Waals surface area contributed by atoms with Crippen LogP contribution < -0.4 is 0 Å². The lowest BCUT2D eigenvalue weighted by atomic mass is 9.96. The minimum atomic E-state index is -0.336. The van der Waals surface area contributed by atoms with Crippen LogP contribution >= 0.6 is 0 Å². The second kappa shape index (κ2) is 8.57. The van der Waals surface area contributed by atoms with Gasteiger partial charge >= 0.3 is 11.8 Å². The second-order valence-electron chi connectivity index (χ2n) is 7.55. The van der Waals surface area contributed by atoms with E-state index in [4.69, 9.17) is 0 Å². The van der Waals surface area contributed by atoms with Crippen molar-refractivity contribution in [1.82, 2.24) is 14.7 Å². The van der Waals surface area contributed by atoms with Gasteiger partial charge in [-0.2, -0.15) is 0 Å². The molecule has 146 valence electrons. The smallest absolute Gasteiger partial charge is 0.312 e. The van der Waals surface area contributed by atoms with E-state index < -0.39 is 0 Å². The zero-order valence-corrected chi connectivity index (χ0v) is 16.2. The summed E-state index contributed by atoms with van der Waals surface area (Å²) in [5, 5.41) is 0. The maximum absolute atomic E-state index is 12.6. The third-order valence-electron chi connectivity index (χ3n) is 5.77. The van der Waals surface area contributed by atoms with Crippen LogP contribution in [0.1, 0.15) is 30.0 Å². The molecular formula is C23H27N3O2. The molecule has 2 heterocycles. The van der Waals surface area contributed by atoms with Gasteiger partial charge in [-0.05, 0) is 24.0 Å². The SMILES string of the molecule is O=C(C(=O)N1CCN(C(c2ccccc2)c2ccccc2)CC1)N1CCCC1. The molecule has 5 heteroatoms. The Morgan fingerprint density at radius 2 is 1.04 bits per heavy atom. The summed E-state index contributed by atoms with van der Waals surface area (Å²) in [6.07, 6.45) is 2.01. The van der Waals surface area contributed by atoms with E-state index in [0.29, 0.717) is 26.2 Å². The summed E-state index contributed by atoms with van der Waals surface area (Å²) in [4.78, 5) is 30.9. The Hall–Kier alpha value is -2.66. The Kier molecular flexibility index (Phi) is 5.72. The molecule has 2 aromatic rings. The van der Waals surface area contributed by atoms with Crippen LogP contribution in [0.3, 0.4) is 0 Å². The monoisotopic (exact) mass is 377 g/mol. The van der Waals surface area contributed by atoms with Crippen LogP contribution in [0, 0.1) is 0 Å². The molecule has 2 fully saturated rings. The van der Waals surface area contributed by atoms with E-state index in [1.54, 1.807) is 9.80 Å². The molecule has 0 N–H and O–H groups in total. The molecule has 0 bridgehead atoms. The van der Waals surface area contributed by atoms with Gasteiger partial charge in [0.05, 0.1) is 6.04 Å². The number of nitrogens with zero attached hydrogens (tertiary/aromatic N) is 3. The molecule has 5 nitrogen and oxygen atoms in total. The number of piperazine rings is 1. The van der Waals surface area contributed by atoms with Gasteiger partial charge in [-0.3, -0.25) is 14.5 Å². The Morgan fingerprint density at radius 3 is 1.50 bits per heavy atom. The van der Waals surface area contributed by atoms with E-state index >= 15 is 0 Å². The fourth-order valence-corrected chi connectivity index (χ4v) is 4.26. The molecule has 0 aromatic heterocycles. The number of rotatable bonds is 3. The molecule has 2 aliphatic heterocycles. The maximum atomic E-state index is 12.6. The molecule has 2 aromatic carbocycles. The normalized spacial score (nSPS) is 17.9. The lowest BCUT2D eigenvalue weighted by Crippen LogP contribution is -2.53. The molecule has 0 radical (unpaired) electrons. The fourth-order valence-electron chi connectivity index (χ4n) is 4.26. The first-order valence-electron chi connectivity index (χ1n) is 10.2. The first-order chi connectivity index (χ1) is 13.7. The molecule has 0 saturated carbocycles. The van der Waals surface area contributed by atoms with E-state index in [2.05, 4.69) is 53.4 Å². The van der Waals surface area contributed by atoms with Gasteiger partial charge in [-0.1, -0.05) is 60.7 Å². The third kappa shape index (κ3) is 3.94. The van der Waals surface area contributed by atoms with E-state index in [1.165, 1.54) is 11.1 Å². The Bertz CT molecular complexity index is 756. The van der Waals surface area contributed by atoms with Crippen LogP contribution in [-0.2, 0) is 9.59 Å². The van der Waals surface area contributed by atoms with E-state index in [0.717, 1.165) is 25.9 Å². The average molecular weight is 377 g/mol.